The van der Waals surface area contributed by atoms with Crippen LogP contribution in [-0.4, -0.2) is 22.2 Å². The molecule has 5 nitrogen and oxygen atoms in total. The highest BCUT2D eigenvalue weighted by Gasteiger charge is 2.11. The third-order valence-corrected chi connectivity index (χ3v) is 3.64. The summed E-state index contributed by atoms with van der Waals surface area (Å²) in [6.45, 7) is 7.38. The molecule has 1 unspecified atom stereocenters. The molecule has 0 saturated carbocycles. The Morgan fingerprint density at radius 3 is 2.63 bits per heavy atom. The molecule has 108 valence electrons. The number of nitrogens with one attached hydrogen (secondary N) is 1. The van der Waals surface area contributed by atoms with Crippen molar-refractivity contribution in [2.45, 2.75) is 46.6 Å². The van der Waals surface area contributed by atoms with Gasteiger partial charge in [0, 0.05) is 31.3 Å². The van der Waals surface area contributed by atoms with Gasteiger partial charge in [-0.05, 0) is 39.2 Å². The first-order valence-corrected chi connectivity index (χ1v) is 6.91. The van der Waals surface area contributed by atoms with Crippen molar-refractivity contribution in [2.24, 2.45) is 18.7 Å². The molecule has 0 bridgehead atoms. The lowest BCUT2D eigenvalue weighted by Crippen LogP contribution is -2.23. The van der Waals surface area contributed by atoms with E-state index >= 15 is 0 Å². The molecule has 0 aliphatic carbocycles. The van der Waals surface area contributed by atoms with Gasteiger partial charge in [-0.25, -0.2) is 0 Å². The fraction of sp³-hybridized carbons (Fsp3) is 0.714. The second-order valence-electron chi connectivity index (χ2n) is 5.27. The minimum absolute atomic E-state index is 0.103. The Bertz CT molecular complexity index is 425. The van der Waals surface area contributed by atoms with E-state index in [4.69, 9.17) is 5.73 Å². The maximum absolute atomic E-state index is 11.8. The highest BCUT2D eigenvalue weighted by molar-refractivity contribution is 5.75. The molecule has 5 heteroatoms. The Balaban J connectivity index is 2.38. The number of aryl methyl sites for hydroxylation is 2. The summed E-state index contributed by atoms with van der Waals surface area (Å²) in [6, 6.07) is 0. The Morgan fingerprint density at radius 2 is 2.11 bits per heavy atom. The SMILES string of the molecule is Cc1nn(C)c(C)c1CNC(=O)CCC(C)CCN. The highest BCUT2D eigenvalue weighted by Crippen LogP contribution is 2.12. The average Bonchev–Trinajstić information content (AvgIpc) is 2.59. The van der Waals surface area contributed by atoms with Gasteiger partial charge in [0.1, 0.15) is 0 Å². The number of hydrogen-bond donors (Lipinski definition) is 2. The van der Waals surface area contributed by atoms with Crippen molar-refractivity contribution in [3.8, 4) is 0 Å². The fourth-order valence-electron chi connectivity index (χ4n) is 2.16. The molecule has 0 aromatic carbocycles. The number of amides is 1. The molecular weight excluding hydrogens is 240 g/mol. The van der Waals surface area contributed by atoms with Gasteiger partial charge in [-0.1, -0.05) is 6.92 Å². The predicted molar refractivity (Wildman–Crippen MR) is 76.6 cm³/mol. The van der Waals surface area contributed by atoms with Crippen LogP contribution in [0.2, 0.25) is 0 Å². The summed E-state index contributed by atoms with van der Waals surface area (Å²) in [6.07, 6.45) is 2.45. The molecule has 0 aliphatic heterocycles. The van der Waals surface area contributed by atoms with Crippen LogP contribution in [0.4, 0.5) is 0 Å². The zero-order chi connectivity index (χ0) is 14.4. The molecule has 1 aromatic heterocycles. The summed E-state index contributed by atoms with van der Waals surface area (Å²) in [5.41, 5.74) is 8.70. The second kappa shape index (κ2) is 7.28. The lowest BCUT2D eigenvalue weighted by molar-refractivity contribution is -0.121. The van der Waals surface area contributed by atoms with Gasteiger partial charge < -0.3 is 11.1 Å². The minimum Gasteiger partial charge on any atom is -0.352 e. The van der Waals surface area contributed by atoms with Crippen LogP contribution in [0.3, 0.4) is 0 Å². The summed E-state index contributed by atoms with van der Waals surface area (Å²) in [5, 5.41) is 7.31. The monoisotopic (exact) mass is 266 g/mol. The van der Waals surface area contributed by atoms with Gasteiger partial charge in [0.2, 0.25) is 5.91 Å². The van der Waals surface area contributed by atoms with Crippen LogP contribution >= 0.6 is 0 Å². The quantitative estimate of drug-likeness (QED) is 0.784. The minimum atomic E-state index is 0.103. The predicted octanol–water partition coefficient (Wildman–Crippen LogP) is 1.42. The van der Waals surface area contributed by atoms with Crippen LogP contribution < -0.4 is 11.1 Å². The van der Waals surface area contributed by atoms with Crippen LogP contribution in [0.15, 0.2) is 0 Å². The first-order chi connectivity index (χ1) is 8.95. The number of rotatable bonds is 7. The van der Waals surface area contributed by atoms with Gasteiger partial charge in [0.15, 0.2) is 0 Å². The molecule has 0 fully saturated rings. The second-order valence-corrected chi connectivity index (χ2v) is 5.27. The van der Waals surface area contributed by atoms with Gasteiger partial charge in [-0.3, -0.25) is 9.48 Å². The normalized spacial score (nSPS) is 12.5. The Morgan fingerprint density at radius 1 is 1.42 bits per heavy atom. The van der Waals surface area contributed by atoms with E-state index in [-0.39, 0.29) is 5.91 Å². The van der Waals surface area contributed by atoms with E-state index in [1.807, 2.05) is 25.6 Å². The van der Waals surface area contributed by atoms with Crippen LogP contribution in [0.1, 0.15) is 43.1 Å². The first-order valence-electron chi connectivity index (χ1n) is 6.91. The van der Waals surface area contributed by atoms with Crippen molar-refractivity contribution in [3.63, 3.8) is 0 Å². The number of nitrogens with zero attached hydrogens (tertiary/aromatic N) is 2. The number of aromatic nitrogens is 2. The molecule has 1 rings (SSSR count). The maximum atomic E-state index is 11.8. The lowest BCUT2D eigenvalue weighted by atomic mass is 10.0. The van der Waals surface area contributed by atoms with Crippen LogP contribution in [0.5, 0.6) is 0 Å². The Hall–Kier alpha value is -1.36. The number of hydrogen-bond acceptors (Lipinski definition) is 3. The summed E-state index contributed by atoms with van der Waals surface area (Å²) < 4.78 is 1.85. The molecule has 19 heavy (non-hydrogen) atoms. The maximum Gasteiger partial charge on any atom is 0.220 e. The number of nitrogens with two attached hydrogens (primary N) is 1. The average molecular weight is 266 g/mol. The van der Waals surface area contributed by atoms with Gasteiger partial charge in [-0.2, -0.15) is 5.10 Å². The molecular formula is C14H26N4O. The van der Waals surface area contributed by atoms with E-state index in [9.17, 15) is 4.79 Å². The van der Waals surface area contributed by atoms with E-state index in [2.05, 4.69) is 17.3 Å². The summed E-state index contributed by atoms with van der Waals surface area (Å²) >= 11 is 0. The molecule has 1 aromatic rings. The molecule has 0 aliphatic rings. The zero-order valence-electron chi connectivity index (χ0n) is 12.5. The summed E-state index contributed by atoms with van der Waals surface area (Å²) in [4.78, 5) is 11.8. The number of carbonyl (C=O) groups excluding carboxylic acids is 1. The van der Waals surface area contributed by atoms with Crippen molar-refractivity contribution in [1.82, 2.24) is 15.1 Å². The fourth-order valence-corrected chi connectivity index (χ4v) is 2.16. The van der Waals surface area contributed by atoms with E-state index < -0.39 is 0 Å². The molecule has 0 saturated heterocycles. The molecule has 1 heterocycles. The van der Waals surface area contributed by atoms with Crippen LogP contribution in [0, 0.1) is 19.8 Å². The third kappa shape index (κ3) is 4.67. The van der Waals surface area contributed by atoms with Crippen molar-refractivity contribution in [1.29, 1.82) is 0 Å². The molecule has 3 N–H and O–H groups in total. The Kier molecular flexibility index (Phi) is 6.02. The molecule has 0 spiro atoms. The van der Waals surface area contributed by atoms with Crippen LogP contribution in [0.25, 0.3) is 0 Å². The van der Waals surface area contributed by atoms with E-state index in [1.54, 1.807) is 0 Å². The van der Waals surface area contributed by atoms with Gasteiger partial charge in [-0.15, -0.1) is 0 Å². The van der Waals surface area contributed by atoms with Gasteiger partial charge in [0.05, 0.1) is 5.69 Å². The van der Waals surface area contributed by atoms with Gasteiger partial charge >= 0.3 is 0 Å². The largest absolute Gasteiger partial charge is 0.352 e. The summed E-state index contributed by atoms with van der Waals surface area (Å²) in [7, 11) is 1.92. The zero-order valence-corrected chi connectivity index (χ0v) is 12.5. The van der Waals surface area contributed by atoms with Crippen LogP contribution in [-0.2, 0) is 18.4 Å². The standard InChI is InChI=1S/C14H26N4O/c1-10(7-8-15)5-6-14(19)16-9-13-11(2)17-18(4)12(13)3/h10H,5-9,15H2,1-4H3,(H,16,19). The van der Waals surface area contributed by atoms with E-state index in [0.29, 0.717) is 25.4 Å². The van der Waals surface area contributed by atoms with E-state index in [0.717, 1.165) is 29.8 Å². The van der Waals surface area contributed by atoms with Crippen molar-refractivity contribution >= 4 is 5.91 Å². The topological polar surface area (TPSA) is 72.9 Å². The summed E-state index contributed by atoms with van der Waals surface area (Å²) in [5.74, 6) is 0.615. The van der Waals surface area contributed by atoms with E-state index in [1.165, 1.54) is 0 Å². The van der Waals surface area contributed by atoms with Gasteiger partial charge in [0.25, 0.3) is 0 Å². The Labute approximate surface area is 115 Å². The number of carbonyl (C=O) groups is 1. The highest BCUT2D eigenvalue weighted by atomic mass is 16.1. The molecule has 0 radical (unpaired) electrons. The van der Waals surface area contributed by atoms with Crippen molar-refractivity contribution in [2.75, 3.05) is 6.54 Å². The smallest absolute Gasteiger partial charge is 0.220 e. The molecule has 1 atom stereocenters. The van der Waals surface area contributed by atoms with Crippen molar-refractivity contribution < 1.29 is 4.79 Å². The first kappa shape index (κ1) is 15.7. The molecule has 1 amide bonds. The lowest BCUT2D eigenvalue weighted by Gasteiger charge is -2.10. The third-order valence-electron chi connectivity index (χ3n) is 3.64. The van der Waals surface area contributed by atoms with Crippen molar-refractivity contribution in [3.05, 3.63) is 17.0 Å².